The first-order chi connectivity index (χ1) is 9.88. The Morgan fingerprint density at radius 1 is 1.00 bits per heavy atom. The van der Waals surface area contributed by atoms with Crippen molar-refractivity contribution >= 4 is 0 Å². The summed E-state index contributed by atoms with van der Waals surface area (Å²) >= 11 is 0. The van der Waals surface area contributed by atoms with Gasteiger partial charge in [0.25, 0.3) is 0 Å². The minimum atomic E-state index is 0.482. The Morgan fingerprint density at radius 2 is 1.80 bits per heavy atom. The lowest BCUT2D eigenvalue weighted by Gasteiger charge is -2.18. The summed E-state index contributed by atoms with van der Waals surface area (Å²) in [5.41, 5.74) is 1.39. The summed E-state index contributed by atoms with van der Waals surface area (Å²) in [7, 11) is 1.70. The highest BCUT2D eigenvalue weighted by Gasteiger charge is 2.08. The highest BCUT2D eigenvalue weighted by atomic mass is 16.5. The van der Waals surface area contributed by atoms with Crippen LogP contribution in [0.15, 0.2) is 30.3 Å². The lowest BCUT2D eigenvalue weighted by molar-refractivity contribution is 0.0685. The van der Waals surface area contributed by atoms with Crippen molar-refractivity contribution in [3.63, 3.8) is 0 Å². The number of nitrogens with one attached hydrogen (secondary N) is 1. The quantitative estimate of drug-likeness (QED) is 0.593. The monoisotopic (exact) mass is 279 g/mol. The van der Waals surface area contributed by atoms with Gasteiger partial charge < -0.3 is 14.8 Å². The van der Waals surface area contributed by atoms with E-state index < -0.39 is 0 Å². The molecule has 0 spiro atoms. The van der Waals surface area contributed by atoms with Crippen LogP contribution in [0.5, 0.6) is 0 Å². The van der Waals surface area contributed by atoms with Gasteiger partial charge in [-0.05, 0) is 24.9 Å². The molecule has 1 aromatic carbocycles. The first-order valence-corrected chi connectivity index (χ1v) is 7.73. The zero-order chi connectivity index (χ0) is 14.5. The number of ether oxygens (including phenoxy) is 2. The molecule has 0 radical (unpaired) electrons. The molecule has 114 valence electrons. The predicted molar refractivity (Wildman–Crippen MR) is 84.0 cm³/mol. The van der Waals surface area contributed by atoms with Gasteiger partial charge in [-0.25, -0.2) is 0 Å². The second-order valence-corrected chi connectivity index (χ2v) is 4.98. The lowest BCUT2D eigenvalue weighted by Crippen LogP contribution is -2.20. The van der Waals surface area contributed by atoms with Gasteiger partial charge in [0.1, 0.15) is 0 Å². The van der Waals surface area contributed by atoms with Gasteiger partial charge in [-0.2, -0.15) is 0 Å². The maximum atomic E-state index is 5.47. The van der Waals surface area contributed by atoms with E-state index in [4.69, 9.17) is 9.47 Å². The number of unbranched alkanes of at least 4 members (excludes halogenated alkanes) is 2. The number of hydrogen-bond acceptors (Lipinski definition) is 3. The molecular weight excluding hydrogens is 250 g/mol. The minimum Gasteiger partial charge on any atom is -0.382 e. The first kappa shape index (κ1) is 17.2. The zero-order valence-electron chi connectivity index (χ0n) is 12.9. The molecule has 3 nitrogen and oxygen atoms in total. The van der Waals surface area contributed by atoms with Crippen LogP contribution in [0.3, 0.4) is 0 Å². The highest BCUT2D eigenvalue weighted by Crippen LogP contribution is 2.19. The standard InChI is InChI=1S/C17H29NO2/c1-3-18-17(16-10-6-4-7-11-16)12-8-5-9-13-20-15-14-19-2/h4,6-7,10-11,17-18H,3,5,8-9,12-15H2,1-2H3. The molecule has 0 heterocycles. The molecule has 1 atom stereocenters. The SMILES string of the molecule is CCNC(CCCCCOCCOC)c1ccccc1. The van der Waals surface area contributed by atoms with Gasteiger partial charge in [0, 0.05) is 19.8 Å². The van der Waals surface area contributed by atoms with Crippen molar-refractivity contribution in [2.24, 2.45) is 0 Å². The van der Waals surface area contributed by atoms with Crippen molar-refractivity contribution in [2.45, 2.75) is 38.6 Å². The molecule has 0 bridgehead atoms. The maximum Gasteiger partial charge on any atom is 0.0700 e. The molecule has 3 heteroatoms. The van der Waals surface area contributed by atoms with Gasteiger partial charge in [-0.15, -0.1) is 0 Å². The van der Waals surface area contributed by atoms with Crippen molar-refractivity contribution in [3.8, 4) is 0 Å². The third-order valence-electron chi connectivity index (χ3n) is 3.37. The average Bonchev–Trinajstić information content (AvgIpc) is 2.50. The van der Waals surface area contributed by atoms with Crippen LogP contribution in [0.1, 0.15) is 44.2 Å². The number of methoxy groups -OCH3 is 1. The summed E-state index contributed by atoms with van der Waals surface area (Å²) in [6, 6.07) is 11.2. The van der Waals surface area contributed by atoms with Gasteiger partial charge >= 0.3 is 0 Å². The van der Waals surface area contributed by atoms with Crippen LogP contribution < -0.4 is 5.32 Å². The van der Waals surface area contributed by atoms with Gasteiger partial charge in [0.05, 0.1) is 13.2 Å². The van der Waals surface area contributed by atoms with Crippen LogP contribution in [0.4, 0.5) is 0 Å². The van der Waals surface area contributed by atoms with Crippen LogP contribution >= 0.6 is 0 Å². The summed E-state index contributed by atoms with van der Waals surface area (Å²) in [6.07, 6.45) is 4.79. The second kappa shape index (κ2) is 11.9. The second-order valence-electron chi connectivity index (χ2n) is 4.98. The summed E-state index contributed by atoms with van der Waals surface area (Å²) in [6.45, 7) is 5.43. The molecule has 0 aromatic heterocycles. The van der Waals surface area contributed by atoms with Crippen LogP contribution in [0.25, 0.3) is 0 Å². The van der Waals surface area contributed by atoms with E-state index in [1.54, 1.807) is 7.11 Å². The maximum absolute atomic E-state index is 5.47. The Labute approximate surface area is 123 Å². The van der Waals surface area contributed by atoms with E-state index in [-0.39, 0.29) is 0 Å². The average molecular weight is 279 g/mol. The van der Waals surface area contributed by atoms with Crippen molar-refractivity contribution in [1.29, 1.82) is 0 Å². The molecule has 0 amide bonds. The molecule has 0 fully saturated rings. The highest BCUT2D eigenvalue weighted by molar-refractivity contribution is 5.18. The lowest BCUT2D eigenvalue weighted by atomic mass is 10.0. The van der Waals surface area contributed by atoms with E-state index in [9.17, 15) is 0 Å². The topological polar surface area (TPSA) is 30.5 Å². The third-order valence-corrected chi connectivity index (χ3v) is 3.37. The fraction of sp³-hybridized carbons (Fsp3) is 0.647. The van der Waals surface area contributed by atoms with E-state index >= 15 is 0 Å². The largest absolute Gasteiger partial charge is 0.382 e. The van der Waals surface area contributed by atoms with E-state index in [2.05, 4.69) is 42.6 Å². The van der Waals surface area contributed by atoms with Gasteiger partial charge in [0.15, 0.2) is 0 Å². The molecule has 1 rings (SSSR count). The molecule has 1 aromatic rings. The van der Waals surface area contributed by atoms with Crippen LogP contribution in [0.2, 0.25) is 0 Å². The minimum absolute atomic E-state index is 0.482. The number of rotatable bonds is 12. The Bertz CT molecular complexity index is 316. The first-order valence-electron chi connectivity index (χ1n) is 7.73. The van der Waals surface area contributed by atoms with E-state index in [1.807, 2.05) is 0 Å². The molecule has 1 unspecified atom stereocenters. The van der Waals surface area contributed by atoms with E-state index in [0.29, 0.717) is 19.3 Å². The van der Waals surface area contributed by atoms with E-state index in [1.165, 1.54) is 24.8 Å². The Hall–Kier alpha value is -0.900. The fourth-order valence-electron chi connectivity index (χ4n) is 2.29. The molecular formula is C17H29NO2. The van der Waals surface area contributed by atoms with Crippen molar-refractivity contribution < 1.29 is 9.47 Å². The van der Waals surface area contributed by atoms with Gasteiger partial charge in [0.2, 0.25) is 0 Å². The van der Waals surface area contributed by atoms with Crippen molar-refractivity contribution in [1.82, 2.24) is 5.32 Å². The molecule has 1 N–H and O–H groups in total. The summed E-state index contributed by atoms with van der Waals surface area (Å²) in [4.78, 5) is 0. The Morgan fingerprint density at radius 3 is 2.50 bits per heavy atom. The molecule has 20 heavy (non-hydrogen) atoms. The van der Waals surface area contributed by atoms with Crippen LogP contribution in [-0.4, -0.2) is 33.5 Å². The van der Waals surface area contributed by atoms with Crippen LogP contribution in [-0.2, 0) is 9.47 Å². The number of benzene rings is 1. The summed E-state index contributed by atoms with van der Waals surface area (Å²) < 4.78 is 10.4. The van der Waals surface area contributed by atoms with E-state index in [0.717, 1.165) is 19.6 Å². The smallest absolute Gasteiger partial charge is 0.0700 e. The molecule has 0 aliphatic rings. The van der Waals surface area contributed by atoms with Gasteiger partial charge in [-0.3, -0.25) is 0 Å². The Kier molecular flexibility index (Phi) is 10.2. The van der Waals surface area contributed by atoms with Crippen molar-refractivity contribution in [2.75, 3.05) is 33.5 Å². The number of hydrogen-bond donors (Lipinski definition) is 1. The molecule has 0 saturated carbocycles. The van der Waals surface area contributed by atoms with Crippen LogP contribution in [0, 0.1) is 0 Å². The summed E-state index contributed by atoms with van der Waals surface area (Å²) in [5.74, 6) is 0. The predicted octanol–water partition coefficient (Wildman–Crippen LogP) is 3.56. The molecule has 0 aliphatic heterocycles. The Balaban J connectivity index is 2.14. The normalized spacial score (nSPS) is 12.5. The molecule has 0 aliphatic carbocycles. The zero-order valence-corrected chi connectivity index (χ0v) is 12.9. The third kappa shape index (κ3) is 7.63. The summed E-state index contributed by atoms with van der Waals surface area (Å²) in [5, 5.41) is 3.57. The van der Waals surface area contributed by atoms with Gasteiger partial charge in [-0.1, -0.05) is 50.1 Å². The fourth-order valence-corrected chi connectivity index (χ4v) is 2.29. The molecule has 0 saturated heterocycles. The van der Waals surface area contributed by atoms with Crippen molar-refractivity contribution in [3.05, 3.63) is 35.9 Å².